The van der Waals surface area contributed by atoms with Gasteiger partial charge in [0, 0.05) is 26.1 Å². The van der Waals surface area contributed by atoms with Crippen LogP contribution in [0.3, 0.4) is 0 Å². The molecule has 1 amide bonds. The fourth-order valence-electron chi connectivity index (χ4n) is 2.05. The number of hydrogen-bond acceptors (Lipinski definition) is 3. The molecule has 0 aliphatic carbocycles. The van der Waals surface area contributed by atoms with Crippen molar-refractivity contribution >= 4 is 11.7 Å². The zero-order valence-corrected chi connectivity index (χ0v) is 11.5. The molecule has 0 saturated carbocycles. The van der Waals surface area contributed by atoms with Gasteiger partial charge in [-0.25, -0.2) is 0 Å². The van der Waals surface area contributed by atoms with Crippen LogP contribution < -0.4 is 10.6 Å². The van der Waals surface area contributed by atoms with E-state index >= 15 is 0 Å². The van der Waals surface area contributed by atoms with Crippen LogP contribution in [0.4, 0.5) is 0 Å². The Balaban J connectivity index is 1.74. The number of hydrogen-bond donors (Lipinski definition) is 2. The largest absolute Gasteiger partial charge is 0.355 e. The van der Waals surface area contributed by atoms with E-state index in [1.807, 2.05) is 24.3 Å². The number of benzene rings is 1. The lowest BCUT2D eigenvalue weighted by molar-refractivity contribution is -0.126. The third kappa shape index (κ3) is 4.03. The highest BCUT2D eigenvalue weighted by Gasteiger charge is 2.23. The summed E-state index contributed by atoms with van der Waals surface area (Å²) in [5.74, 6) is 0.304. The second-order valence-electron chi connectivity index (χ2n) is 5.06. The summed E-state index contributed by atoms with van der Waals surface area (Å²) in [7, 11) is 0. The first-order valence-corrected chi connectivity index (χ1v) is 6.90. The van der Waals surface area contributed by atoms with Crippen molar-refractivity contribution in [3.8, 4) is 0 Å². The number of nitrogens with one attached hydrogen (secondary N) is 2. The van der Waals surface area contributed by atoms with Crippen molar-refractivity contribution < 1.29 is 9.59 Å². The van der Waals surface area contributed by atoms with E-state index in [1.165, 1.54) is 6.08 Å². The highest BCUT2D eigenvalue weighted by Crippen LogP contribution is 2.07. The minimum absolute atomic E-state index is 0.0270. The second-order valence-corrected chi connectivity index (χ2v) is 5.06. The molecule has 1 saturated heterocycles. The molecule has 4 heteroatoms. The highest BCUT2D eigenvalue weighted by atomic mass is 16.2. The first-order valence-electron chi connectivity index (χ1n) is 6.90. The Bertz CT molecular complexity index is 490. The molecule has 0 unspecified atom stereocenters. The Morgan fingerprint density at radius 3 is 2.45 bits per heavy atom. The molecule has 0 radical (unpaired) electrons. The Kier molecular flexibility index (Phi) is 5.07. The third-order valence-electron chi connectivity index (χ3n) is 3.49. The molecule has 20 heavy (non-hydrogen) atoms. The molecular formula is C16H20N2O2. The molecule has 1 aromatic rings. The number of allylic oxidation sites excluding steroid dienone is 1. The molecule has 1 aliphatic rings. The lowest BCUT2D eigenvalue weighted by Gasteiger charge is -2.25. The first kappa shape index (κ1) is 14.5. The molecule has 1 aromatic carbocycles. The van der Waals surface area contributed by atoms with Crippen LogP contribution in [-0.4, -0.2) is 31.3 Å². The summed E-state index contributed by atoms with van der Waals surface area (Å²) >= 11 is 0. The highest BCUT2D eigenvalue weighted by molar-refractivity contribution is 5.90. The Labute approximate surface area is 119 Å². The van der Waals surface area contributed by atoms with Crippen molar-refractivity contribution in [2.75, 3.05) is 19.6 Å². The van der Waals surface area contributed by atoms with Crippen molar-refractivity contribution in [2.45, 2.75) is 12.8 Å². The van der Waals surface area contributed by atoms with E-state index < -0.39 is 0 Å². The number of ketones is 1. The topological polar surface area (TPSA) is 58.2 Å². The fourth-order valence-corrected chi connectivity index (χ4v) is 2.05. The average Bonchev–Trinajstić information content (AvgIpc) is 2.38. The van der Waals surface area contributed by atoms with Gasteiger partial charge in [0.15, 0.2) is 5.78 Å². The Hall–Kier alpha value is -1.94. The van der Waals surface area contributed by atoms with Gasteiger partial charge in [-0.15, -0.1) is 0 Å². The minimum atomic E-state index is 0.0270. The van der Waals surface area contributed by atoms with Crippen molar-refractivity contribution in [3.05, 3.63) is 48.0 Å². The van der Waals surface area contributed by atoms with Gasteiger partial charge in [-0.3, -0.25) is 9.59 Å². The summed E-state index contributed by atoms with van der Waals surface area (Å²) in [5, 5.41) is 6.02. The van der Waals surface area contributed by atoms with E-state index in [2.05, 4.69) is 17.2 Å². The molecule has 2 rings (SSSR count). The summed E-state index contributed by atoms with van der Waals surface area (Å²) in [5.41, 5.74) is 2.15. The van der Waals surface area contributed by atoms with Crippen molar-refractivity contribution in [1.82, 2.24) is 10.6 Å². The van der Waals surface area contributed by atoms with Gasteiger partial charge in [-0.1, -0.05) is 30.8 Å². The Morgan fingerprint density at radius 2 is 1.90 bits per heavy atom. The predicted octanol–water partition coefficient (Wildman–Crippen LogP) is 0.862. The van der Waals surface area contributed by atoms with Crippen LogP contribution in [0, 0.1) is 5.92 Å². The van der Waals surface area contributed by atoms with E-state index in [0.717, 1.165) is 30.6 Å². The zero-order chi connectivity index (χ0) is 14.4. The summed E-state index contributed by atoms with van der Waals surface area (Å²) in [6, 6.07) is 7.91. The van der Waals surface area contributed by atoms with Gasteiger partial charge < -0.3 is 10.6 Å². The smallest absolute Gasteiger partial charge is 0.225 e. The summed E-state index contributed by atoms with van der Waals surface area (Å²) in [6.45, 7) is 5.70. The number of carbonyl (C=O) groups excluding carboxylic acids is 2. The molecule has 4 nitrogen and oxygen atoms in total. The molecule has 1 heterocycles. The third-order valence-corrected chi connectivity index (χ3v) is 3.49. The van der Waals surface area contributed by atoms with Gasteiger partial charge in [0.25, 0.3) is 0 Å². The normalized spacial score (nSPS) is 14.4. The molecule has 0 atom stereocenters. The van der Waals surface area contributed by atoms with E-state index in [4.69, 9.17) is 0 Å². The van der Waals surface area contributed by atoms with E-state index in [-0.39, 0.29) is 17.6 Å². The maximum Gasteiger partial charge on any atom is 0.225 e. The van der Waals surface area contributed by atoms with Crippen LogP contribution in [0.15, 0.2) is 36.9 Å². The van der Waals surface area contributed by atoms with Gasteiger partial charge in [-0.05, 0) is 23.6 Å². The average molecular weight is 272 g/mol. The molecule has 0 aromatic heterocycles. The summed E-state index contributed by atoms with van der Waals surface area (Å²) < 4.78 is 0. The van der Waals surface area contributed by atoms with Crippen LogP contribution in [0.25, 0.3) is 0 Å². The summed E-state index contributed by atoms with van der Waals surface area (Å²) in [4.78, 5) is 22.9. The lowest BCUT2D eigenvalue weighted by atomic mass is 10.0. The number of amides is 1. The van der Waals surface area contributed by atoms with Crippen molar-refractivity contribution in [1.29, 1.82) is 0 Å². The standard InChI is InChI=1S/C16H20N2O2/c1-2-15(19)9-13-5-3-12(4-6-13)7-8-18-16(20)14-10-17-11-14/h2-6,14,17H,1,7-11H2,(H,18,20). The molecule has 106 valence electrons. The maximum atomic E-state index is 11.6. The van der Waals surface area contributed by atoms with Gasteiger partial charge in [-0.2, -0.15) is 0 Å². The van der Waals surface area contributed by atoms with Crippen molar-refractivity contribution in [2.24, 2.45) is 5.92 Å². The summed E-state index contributed by atoms with van der Waals surface area (Å²) in [6.07, 6.45) is 2.55. The van der Waals surface area contributed by atoms with Crippen LogP contribution >= 0.6 is 0 Å². The van der Waals surface area contributed by atoms with Crippen LogP contribution in [0.1, 0.15) is 11.1 Å². The van der Waals surface area contributed by atoms with Gasteiger partial charge in [0.05, 0.1) is 5.92 Å². The van der Waals surface area contributed by atoms with Crippen LogP contribution in [0.5, 0.6) is 0 Å². The van der Waals surface area contributed by atoms with Crippen LogP contribution in [-0.2, 0) is 22.4 Å². The second kappa shape index (κ2) is 7.01. The number of carbonyl (C=O) groups is 2. The van der Waals surface area contributed by atoms with E-state index in [1.54, 1.807) is 0 Å². The van der Waals surface area contributed by atoms with E-state index in [0.29, 0.717) is 13.0 Å². The fraction of sp³-hybridized carbons (Fsp3) is 0.375. The first-order chi connectivity index (χ1) is 9.69. The predicted molar refractivity (Wildman–Crippen MR) is 78.4 cm³/mol. The zero-order valence-electron chi connectivity index (χ0n) is 11.5. The molecule has 0 bridgehead atoms. The SMILES string of the molecule is C=CC(=O)Cc1ccc(CCNC(=O)C2CNC2)cc1. The minimum Gasteiger partial charge on any atom is -0.355 e. The van der Waals surface area contributed by atoms with E-state index in [9.17, 15) is 9.59 Å². The van der Waals surface area contributed by atoms with Gasteiger partial charge in [0.1, 0.15) is 0 Å². The van der Waals surface area contributed by atoms with Gasteiger partial charge in [0.2, 0.25) is 5.91 Å². The quantitative estimate of drug-likeness (QED) is 0.724. The Morgan fingerprint density at radius 1 is 1.25 bits per heavy atom. The molecule has 0 spiro atoms. The molecule has 1 fully saturated rings. The molecule has 2 N–H and O–H groups in total. The number of rotatable bonds is 7. The maximum absolute atomic E-state index is 11.6. The monoisotopic (exact) mass is 272 g/mol. The molecular weight excluding hydrogens is 252 g/mol. The lowest BCUT2D eigenvalue weighted by Crippen LogP contribution is -2.51. The molecule has 1 aliphatic heterocycles. The van der Waals surface area contributed by atoms with Gasteiger partial charge >= 0.3 is 0 Å². The van der Waals surface area contributed by atoms with Crippen LogP contribution in [0.2, 0.25) is 0 Å². The van der Waals surface area contributed by atoms with Crippen molar-refractivity contribution in [3.63, 3.8) is 0 Å².